The first-order chi connectivity index (χ1) is 19.6. The smallest absolute Gasteiger partial charge is 0.188 e. The summed E-state index contributed by atoms with van der Waals surface area (Å²) in [5.74, 6) is 1.15. The van der Waals surface area contributed by atoms with Gasteiger partial charge in [-0.15, -0.1) is 10.2 Å². The average molecular weight is 553 g/mol. The number of anilines is 2. The number of benzene rings is 1. The largest absolute Gasteiger partial charge is 0.467 e. The number of morpholine rings is 1. The van der Waals surface area contributed by atoms with Gasteiger partial charge in [0.05, 0.1) is 36.3 Å². The van der Waals surface area contributed by atoms with Crippen molar-refractivity contribution in [3.05, 3.63) is 30.3 Å². The van der Waals surface area contributed by atoms with Crippen LogP contribution < -0.4 is 20.7 Å². The Bertz CT molecular complexity index is 1130. The molecule has 0 radical (unpaired) electrons. The number of aromatic nitrogens is 2. The monoisotopic (exact) mass is 552 g/mol. The van der Waals surface area contributed by atoms with Gasteiger partial charge in [0.25, 0.3) is 0 Å². The minimum atomic E-state index is -0.108. The van der Waals surface area contributed by atoms with Crippen LogP contribution in [0.5, 0.6) is 5.75 Å². The van der Waals surface area contributed by atoms with Crippen molar-refractivity contribution in [2.75, 3.05) is 83.6 Å². The van der Waals surface area contributed by atoms with Gasteiger partial charge in [-0.3, -0.25) is 4.90 Å². The number of nitrogens with zero attached hydrogens (tertiary/aromatic N) is 4. The second-order valence-corrected chi connectivity index (χ2v) is 12.0. The number of methoxy groups -OCH3 is 1. The molecule has 3 N–H and O–H groups in total. The highest BCUT2D eigenvalue weighted by atomic mass is 16.7. The van der Waals surface area contributed by atoms with Crippen LogP contribution in [0.4, 0.5) is 11.5 Å². The van der Waals surface area contributed by atoms with Crippen molar-refractivity contribution in [1.82, 2.24) is 20.4 Å². The highest BCUT2D eigenvalue weighted by Crippen LogP contribution is 2.49. The van der Waals surface area contributed by atoms with Crippen LogP contribution in [-0.2, 0) is 14.2 Å². The number of ether oxygens (including phenoxy) is 4. The highest BCUT2D eigenvalue weighted by Gasteiger charge is 2.45. The Morgan fingerprint density at radius 3 is 2.67 bits per heavy atom. The molecule has 0 bridgehead atoms. The van der Waals surface area contributed by atoms with E-state index < -0.39 is 0 Å². The molecule has 3 aliphatic heterocycles. The maximum Gasteiger partial charge on any atom is 0.188 e. The molecule has 218 valence electrons. The lowest BCUT2D eigenvalue weighted by atomic mass is 9.62. The third-order valence-corrected chi connectivity index (χ3v) is 9.39. The quantitative estimate of drug-likeness (QED) is 0.451. The number of nitrogens with one attached hydrogen (secondary N) is 1. The fraction of sp³-hybridized carbons (Fsp3) is 0.667. The van der Waals surface area contributed by atoms with E-state index in [9.17, 15) is 0 Å². The van der Waals surface area contributed by atoms with Gasteiger partial charge in [-0.25, -0.2) is 0 Å². The molecule has 4 aliphatic rings. The van der Waals surface area contributed by atoms with Crippen molar-refractivity contribution >= 4 is 11.5 Å². The van der Waals surface area contributed by atoms with E-state index in [1.165, 1.54) is 38.8 Å². The van der Waals surface area contributed by atoms with E-state index in [2.05, 4.69) is 25.3 Å². The van der Waals surface area contributed by atoms with Gasteiger partial charge in [-0.05, 0) is 75.2 Å². The fourth-order valence-electron chi connectivity index (χ4n) is 7.01. The second kappa shape index (κ2) is 12.2. The number of hydrogen-bond donors (Lipinski definition) is 2. The third kappa shape index (κ3) is 6.06. The lowest BCUT2D eigenvalue weighted by Crippen LogP contribution is -2.57. The molecule has 2 spiro atoms. The summed E-state index contributed by atoms with van der Waals surface area (Å²) in [5.41, 5.74) is 9.30. The number of hydrogen-bond acceptors (Lipinski definition) is 10. The van der Waals surface area contributed by atoms with Gasteiger partial charge in [0.2, 0.25) is 0 Å². The minimum Gasteiger partial charge on any atom is -0.467 e. The molecule has 1 aliphatic carbocycles. The van der Waals surface area contributed by atoms with E-state index >= 15 is 0 Å². The number of nitrogens with two attached hydrogens (primary N) is 1. The van der Waals surface area contributed by atoms with Gasteiger partial charge >= 0.3 is 0 Å². The van der Waals surface area contributed by atoms with Crippen LogP contribution in [-0.4, -0.2) is 99.7 Å². The number of piperidine rings is 2. The molecule has 0 unspecified atom stereocenters. The average Bonchev–Trinajstić information content (AvgIpc) is 2.97. The molecule has 4 heterocycles. The minimum absolute atomic E-state index is 0.108. The van der Waals surface area contributed by atoms with Crippen LogP contribution in [0.15, 0.2) is 30.3 Å². The van der Waals surface area contributed by atoms with Crippen LogP contribution >= 0.6 is 0 Å². The summed E-state index contributed by atoms with van der Waals surface area (Å²) < 4.78 is 23.6. The molecule has 3 saturated heterocycles. The Hall–Kier alpha value is -2.50. The molecular formula is C30H44N6O4. The first-order valence-electron chi connectivity index (χ1n) is 14.9. The number of nitrogen functional groups attached to an aromatic ring is 1. The van der Waals surface area contributed by atoms with Crippen LogP contribution in [0.3, 0.4) is 0 Å². The predicted molar refractivity (Wildman–Crippen MR) is 154 cm³/mol. The third-order valence-electron chi connectivity index (χ3n) is 9.39. The Morgan fingerprint density at radius 1 is 1.07 bits per heavy atom. The molecule has 0 amide bonds. The summed E-state index contributed by atoms with van der Waals surface area (Å²) in [7, 11) is 1.61. The van der Waals surface area contributed by atoms with Crippen molar-refractivity contribution in [2.24, 2.45) is 5.41 Å². The number of rotatable bonds is 9. The Labute approximate surface area is 237 Å². The molecule has 1 aromatic carbocycles. The lowest BCUT2D eigenvalue weighted by Gasteiger charge is -2.50. The number of para-hydroxylation sites is 1. The summed E-state index contributed by atoms with van der Waals surface area (Å²) >= 11 is 0. The van der Waals surface area contributed by atoms with E-state index in [1.807, 2.05) is 30.3 Å². The molecule has 2 aromatic rings. The predicted octanol–water partition coefficient (Wildman–Crippen LogP) is 2.93. The van der Waals surface area contributed by atoms with Crippen LogP contribution in [0, 0.1) is 5.41 Å². The van der Waals surface area contributed by atoms with Gasteiger partial charge in [0, 0.05) is 45.4 Å². The highest BCUT2D eigenvalue weighted by molar-refractivity contribution is 5.74. The van der Waals surface area contributed by atoms with Crippen LogP contribution in [0.1, 0.15) is 38.5 Å². The summed E-state index contributed by atoms with van der Waals surface area (Å²) in [6, 6.07) is 9.80. The molecule has 40 heavy (non-hydrogen) atoms. The summed E-state index contributed by atoms with van der Waals surface area (Å²) in [5, 5.41) is 12.2. The Kier molecular flexibility index (Phi) is 8.41. The van der Waals surface area contributed by atoms with E-state index in [0.717, 1.165) is 75.7 Å². The van der Waals surface area contributed by atoms with Gasteiger partial charge in [-0.2, -0.15) is 0 Å². The molecule has 4 fully saturated rings. The summed E-state index contributed by atoms with van der Waals surface area (Å²) in [4.78, 5) is 4.85. The van der Waals surface area contributed by atoms with E-state index in [1.54, 1.807) is 7.11 Å². The van der Waals surface area contributed by atoms with Crippen molar-refractivity contribution in [1.29, 1.82) is 0 Å². The van der Waals surface area contributed by atoms with Gasteiger partial charge in [0.15, 0.2) is 12.6 Å². The zero-order valence-corrected chi connectivity index (χ0v) is 23.8. The van der Waals surface area contributed by atoms with Crippen molar-refractivity contribution < 1.29 is 18.9 Å². The topological polar surface area (TPSA) is 107 Å². The molecule has 10 heteroatoms. The fourth-order valence-corrected chi connectivity index (χ4v) is 7.01. The standard InChI is InChI=1S/C30H44N6O4/c1-37-22-39-27-5-3-2-4-24(27)25-18-26(28(31)34-33-25)36-12-8-30(9-13-36)21-35(15-17-40-30)14-16-38-23-19-29(20-23)6-10-32-11-7-29/h2-5,18,23,32H,6-17,19-22H2,1H3,(H2,31,34). The summed E-state index contributed by atoms with van der Waals surface area (Å²) in [6.45, 7) is 8.75. The lowest BCUT2D eigenvalue weighted by molar-refractivity contribution is -0.132. The molecule has 0 atom stereocenters. The normalized spacial score (nSPS) is 22.9. The van der Waals surface area contributed by atoms with E-state index in [4.69, 9.17) is 24.7 Å². The van der Waals surface area contributed by atoms with Crippen LogP contribution in [0.25, 0.3) is 11.3 Å². The molecule has 6 rings (SSSR count). The van der Waals surface area contributed by atoms with E-state index in [-0.39, 0.29) is 12.4 Å². The van der Waals surface area contributed by atoms with Gasteiger partial charge in [0.1, 0.15) is 5.75 Å². The van der Waals surface area contributed by atoms with Gasteiger partial charge < -0.3 is 34.9 Å². The maximum atomic E-state index is 6.43. The molecule has 10 nitrogen and oxygen atoms in total. The zero-order valence-electron chi connectivity index (χ0n) is 23.8. The van der Waals surface area contributed by atoms with E-state index in [0.29, 0.717) is 23.1 Å². The van der Waals surface area contributed by atoms with Gasteiger partial charge in [-0.1, -0.05) is 12.1 Å². The summed E-state index contributed by atoms with van der Waals surface area (Å²) in [6.07, 6.45) is 7.49. The molecule has 1 aromatic heterocycles. The molecule has 1 saturated carbocycles. The van der Waals surface area contributed by atoms with Crippen molar-refractivity contribution in [3.63, 3.8) is 0 Å². The first-order valence-corrected chi connectivity index (χ1v) is 14.9. The van der Waals surface area contributed by atoms with Crippen molar-refractivity contribution in [2.45, 2.75) is 50.2 Å². The molecular weight excluding hydrogens is 508 g/mol. The Balaban J connectivity index is 1.02. The van der Waals surface area contributed by atoms with Crippen molar-refractivity contribution in [3.8, 4) is 17.0 Å². The SMILES string of the molecule is COCOc1ccccc1-c1cc(N2CCC3(CC2)CN(CCOC2CC4(CCNCC4)C2)CCO3)c(N)nn1. The maximum absolute atomic E-state index is 6.43. The Morgan fingerprint density at radius 2 is 1.88 bits per heavy atom. The zero-order chi connectivity index (χ0) is 27.4. The van der Waals surface area contributed by atoms with Crippen LogP contribution in [0.2, 0.25) is 0 Å². The first kappa shape index (κ1) is 27.7. The second-order valence-electron chi connectivity index (χ2n) is 12.0.